The van der Waals surface area contributed by atoms with Gasteiger partial charge in [0.15, 0.2) is 0 Å². The molecule has 0 N–H and O–H groups in total. The van der Waals surface area contributed by atoms with Crippen LogP contribution in [-0.2, 0) is 4.79 Å². The fourth-order valence-corrected chi connectivity index (χ4v) is 2.68. The summed E-state index contributed by atoms with van der Waals surface area (Å²) in [4.78, 5) is 13.8. The second-order valence-corrected chi connectivity index (χ2v) is 5.41. The molecule has 1 unspecified atom stereocenters. The van der Waals surface area contributed by atoms with Crippen molar-refractivity contribution in [3.8, 4) is 0 Å². The van der Waals surface area contributed by atoms with Gasteiger partial charge in [0.05, 0.1) is 6.54 Å². The van der Waals surface area contributed by atoms with Crippen molar-refractivity contribution in [2.45, 2.75) is 46.5 Å². The van der Waals surface area contributed by atoms with Gasteiger partial charge in [0.25, 0.3) is 0 Å². The van der Waals surface area contributed by atoms with Crippen LogP contribution >= 0.6 is 0 Å². The highest BCUT2D eigenvalue weighted by Crippen LogP contribution is 2.45. The predicted molar refractivity (Wildman–Crippen MR) is 53.3 cm³/mol. The molecule has 0 aromatic heterocycles. The molecule has 13 heavy (non-hydrogen) atoms. The van der Waals surface area contributed by atoms with Crippen LogP contribution < -0.4 is 0 Å². The van der Waals surface area contributed by atoms with E-state index in [1.165, 1.54) is 25.7 Å². The highest BCUT2D eigenvalue weighted by atomic mass is 16.1. The molecular formula is C11H19NO. The first-order valence-electron chi connectivity index (χ1n) is 5.01. The van der Waals surface area contributed by atoms with Gasteiger partial charge in [0.1, 0.15) is 0 Å². The van der Waals surface area contributed by atoms with E-state index in [1.807, 2.05) is 0 Å². The molecule has 74 valence electrons. The van der Waals surface area contributed by atoms with Crippen LogP contribution in [0, 0.1) is 10.8 Å². The number of nitrogens with zero attached hydrogens (tertiary/aromatic N) is 1. The van der Waals surface area contributed by atoms with E-state index in [1.54, 1.807) is 6.08 Å². The normalized spacial score (nSPS) is 32.2. The SMILES string of the molecule is CC1(C)CCCC(C)(CN=C=O)C1. The molecule has 0 bridgehead atoms. The van der Waals surface area contributed by atoms with Gasteiger partial charge in [0, 0.05) is 0 Å². The summed E-state index contributed by atoms with van der Waals surface area (Å²) in [5, 5.41) is 0. The molecule has 2 heteroatoms. The lowest BCUT2D eigenvalue weighted by Gasteiger charge is -2.41. The van der Waals surface area contributed by atoms with Gasteiger partial charge >= 0.3 is 0 Å². The quantitative estimate of drug-likeness (QED) is 0.475. The minimum atomic E-state index is 0.235. The molecule has 1 rings (SSSR count). The van der Waals surface area contributed by atoms with Crippen LogP contribution in [0.25, 0.3) is 0 Å². The lowest BCUT2D eigenvalue weighted by molar-refractivity contribution is 0.107. The van der Waals surface area contributed by atoms with Crippen molar-refractivity contribution in [1.82, 2.24) is 0 Å². The zero-order valence-corrected chi connectivity index (χ0v) is 8.89. The first-order chi connectivity index (χ1) is 5.97. The van der Waals surface area contributed by atoms with Gasteiger partial charge in [-0.1, -0.05) is 27.2 Å². The van der Waals surface area contributed by atoms with Crippen LogP contribution in [0.5, 0.6) is 0 Å². The van der Waals surface area contributed by atoms with Crippen molar-refractivity contribution in [1.29, 1.82) is 0 Å². The Bertz CT molecular complexity index is 228. The molecule has 0 radical (unpaired) electrons. The Labute approximate surface area is 80.4 Å². The Hall–Kier alpha value is -0.620. The topological polar surface area (TPSA) is 29.4 Å². The maximum atomic E-state index is 10.1. The monoisotopic (exact) mass is 181 g/mol. The smallest absolute Gasteiger partial charge is 0.211 e. The van der Waals surface area contributed by atoms with E-state index >= 15 is 0 Å². The molecule has 0 aromatic rings. The van der Waals surface area contributed by atoms with E-state index in [4.69, 9.17) is 0 Å². The van der Waals surface area contributed by atoms with E-state index in [0.717, 1.165) is 0 Å². The van der Waals surface area contributed by atoms with Gasteiger partial charge in [-0.25, -0.2) is 9.79 Å². The minimum Gasteiger partial charge on any atom is -0.211 e. The summed E-state index contributed by atoms with van der Waals surface area (Å²) >= 11 is 0. The van der Waals surface area contributed by atoms with Crippen molar-refractivity contribution in [2.75, 3.05) is 6.54 Å². The van der Waals surface area contributed by atoms with Crippen LogP contribution in [0.3, 0.4) is 0 Å². The third-order valence-electron chi connectivity index (χ3n) is 3.06. The van der Waals surface area contributed by atoms with Crippen molar-refractivity contribution in [3.63, 3.8) is 0 Å². The van der Waals surface area contributed by atoms with Crippen molar-refractivity contribution < 1.29 is 4.79 Å². The van der Waals surface area contributed by atoms with Crippen LogP contribution in [0.1, 0.15) is 46.5 Å². The minimum absolute atomic E-state index is 0.235. The number of isocyanates is 1. The third kappa shape index (κ3) is 2.96. The highest BCUT2D eigenvalue weighted by Gasteiger charge is 2.36. The van der Waals surface area contributed by atoms with Crippen molar-refractivity contribution >= 4 is 6.08 Å². The number of hydrogen-bond acceptors (Lipinski definition) is 2. The first kappa shape index (κ1) is 10.5. The maximum absolute atomic E-state index is 10.1. The Morgan fingerprint density at radius 2 is 2.00 bits per heavy atom. The zero-order valence-electron chi connectivity index (χ0n) is 8.89. The second-order valence-electron chi connectivity index (χ2n) is 5.41. The van der Waals surface area contributed by atoms with Crippen LogP contribution in [-0.4, -0.2) is 12.6 Å². The molecular weight excluding hydrogens is 162 g/mol. The van der Waals surface area contributed by atoms with Gasteiger partial charge < -0.3 is 0 Å². The Kier molecular flexibility index (Phi) is 2.92. The molecule has 1 saturated carbocycles. The van der Waals surface area contributed by atoms with Crippen LogP contribution in [0.15, 0.2) is 4.99 Å². The molecule has 1 atom stereocenters. The average molecular weight is 181 g/mol. The van der Waals surface area contributed by atoms with Gasteiger partial charge in [-0.3, -0.25) is 0 Å². The molecule has 2 nitrogen and oxygen atoms in total. The van der Waals surface area contributed by atoms with Crippen LogP contribution in [0.4, 0.5) is 0 Å². The number of hydrogen-bond donors (Lipinski definition) is 0. The lowest BCUT2D eigenvalue weighted by Crippen LogP contribution is -2.32. The van der Waals surface area contributed by atoms with Crippen molar-refractivity contribution in [3.05, 3.63) is 0 Å². The molecule has 0 aromatic carbocycles. The first-order valence-corrected chi connectivity index (χ1v) is 5.01. The summed E-state index contributed by atoms with van der Waals surface area (Å²) in [7, 11) is 0. The highest BCUT2D eigenvalue weighted by molar-refractivity contribution is 5.33. The van der Waals surface area contributed by atoms with Gasteiger partial charge in [-0.15, -0.1) is 0 Å². The third-order valence-corrected chi connectivity index (χ3v) is 3.06. The van der Waals surface area contributed by atoms with Gasteiger partial charge in [-0.05, 0) is 30.1 Å². The summed E-state index contributed by atoms with van der Waals surface area (Å²) in [6, 6.07) is 0. The fraction of sp³-hybridized carbons (Fsp3) is 0.909. The Morgan fingerprint density at radius 1 is 1.31 bits per heavy atom. The fourth-order valence-electron chi connectivity index (χ4n) is 2.68. The Balaban J connectivity index is 2.62. The summed E-state index contributed by atoms with van der Waals surface area (Å²) in [5.74, 6) is 0. The van der Waals surface area contributed by atoms with Crippen LogP contribution in [0.2, 0.25) is 0 Å². The van der Waals surface area contributed by atoms with E-state index in [-0.39, 0.29) is 5.41 Å². The Morgan fingerprint density at radius 3 is 2.54 bits per heavy atom. The molecule has 0 amide bonds. The molecule has 0 aliphatic heterocycles. The van der Waals surface area contributed by atoms with E-state index in [2.05, 4.69) is 25.8 Å². The zero-order chi connectivity index (χ0) is 9.95. The summed E-state index contributed by atoms with van der Waals surface area (Å²) in [5.41, 5.74) is 0.657. The number of aliphatic imine (C=N–C) groups is 1. The molecule has 1 fully saturated rings. The predicted octanol–water partition coefficient (Wildman–Crippen LogP) is 2.93. The van der Waals surface area contributed by atoms with E-state index < -0.39 is 0 Å². The summed E-state index contributed by atoms with van der Waals surface area (Å²) in [6.45, 7) is 7.48. The number of rotatable bonds is 2. The van der Waals surface area contributed by atoms with E-state index in [0.29, 0.717) is 12.0 Å². The van der Waals surface area contributed by atoms with E-state index in [9.17, 15) is 4.79 Å². The van der Waals surface area contributed by atoms with Gasteiger partial charge in [0.2, 0.25) is 6.08 Å². The lowest BCUT2D eigenvalue weighted by atomic mass is 9.64. The molecule has 0 saturated heterocycles. The second kappa shape index (κ2) is 3.63. The maximum Gasteiger partial charge on any atom is 0.234 e. The number of carbonyl (C=O) groups excluding carboxylic acids is 1. The molecule has 0 heterocycles. The largest absolute Gasteiger partial charge is 0.234 e. The average Bonchev–Trinajstić information content (AvgIpc) is 1.98. The summed E-state index contributed by atoms with van der Waals surface area (Å²) < 4.78 is 0. The molecule has 1 aliphatic carbocycles. The molecule has 1 aliphatic rings. The van der Waals surface area contributed by atoms with Crippen molar-refractivity contribution in [2.24, 2.45) is 15.8 Å². The standard InChI is InChI=1S/C11H19NO/c1-10(2)5-4-6-11(3,7-10)8-12-9-13/h4-8H2,1-3H3. The van der Waals surface area contributed by atoms with Gasteiger partial charge in [-0.2, -0.15) is 0 Å². The molecule has 0 spiro atoms. The summed E-state index contributed by atoms with van der Waals surface area (Å²) in [6.07, 6.45) is 6.57.